The highest BCUT2D eigenvalue weighted by molar-refractivity contribution is 6.32. The van der Waals surface area contributed by atoms with Crippen LogP contribution in [-0.2, 0) is 0 Å². The van der Waals surface area contributed by atoms with E-state index in [-0.39, 0.29) is 12.0 Å². The van der Waals surface area contributed by atoms with Crippen LogP contribution in [0, 0.1) is 0 Å². The van der Waals surface area contributed by atoms with Gasteiger partial charge < -0.3 is 24.6 Å². The summed E-state index contributed by atoms with van der Waals surface area (Å²) in [6.07, 6.45) is -0.0588. The summed E-state index contributed by atoms with van der Waals surface area (Å²) in [6, 6.07) is 11.1. The SMILES string of the molecule is COc1cc(C(=O)Nc2ccccc2N2CCN(C)CC2)cc(Cl)c1OC(C)C. The van der Waals surface area contributed by atoms with Crippen molar-refractivity contribution in [3.63, 3.8) is 0 Å². The highest BCUT2D eigenvalue weighted by Crippen LogP contribution is 2.37. The first-order valence-electron chi connectivity index (χ1n) is 9.77. The number of piperazine rings is 1. The molecule has 1 saturated heterocycles. The number of carbonyl (C=O) groups is 1. The molecule has 1 fully saturated rings. The molecule has 0 spiro atoms. The summed E-state index contributed by atoms with van der Waals surface area (Å²) in [7, 11) is 3.65. The van der Waals surface area contributed by atoms with Gasteiger partial charge in [0.25, 0.3) is 5.91 Å². The van der Waals surface area contributed by atoms with Gasteiger partial charge in [-0.05, 0) is 45.2 Å². The zero-order valence-corrected chi connectivity index (χ0v) is 18.1. The number of para-hydroxylation sites is 2. The van der Waals surface area contributed by atoms with Crippen molar-refractivity contribution in [2.45, 2.75) is 20.0 Å². The van der Waals surface area contributed by atoms with Crippen LogP contribution in [0.2, 0.25) is 5.02 Å². The van der Waals surface area contributed by atoms with E-state index in [0.29, 0.717) is 22.1 Å². The first kappa shape index (κ1) is 21.3. The molecule has 0 aliphatic carbocycles. The molecule has 6 nitrogen and oxygen atoms in total. The van der Waals surface area contributed by atoms with Crippen molar-refractivity contribution in [3.8, 4) is 11.5 Å². The van der Waals surface area contributed by atoms with Crippen molar-refractivity contribution < 1.29 is 14.3 Å². The lowest BCUT2D eigenvalue weighted by molar-refractivity contribution is 0.102. The van der Waals surface area contributed by atoms with Gasteiger partial charge in [0, 0.05) is 31.7 Å². The van der Waals surface area contributed by atoms with Crippen molar-refractivity contribution in [2.75, 3.05) is 50.6 Å². The predicted octanol–water partition coefficient (Wildman–Crippen LogP) is 4.14. The van der Waals surface area contributed by atoms with Crippen LogP contribution in [0.5, 0.6) is 11.5 Å². The molecule has 1 heterocycles. The quantitative estimate of drug-likeness (QED) is 0.765. The number of methoxy groups -OCH3 is 1. The summed E-state index contributed by atoms with van der Waals surface area (Å²) in [5.74, 6) is 0.630. The van der Waals surface area contributed by atoms with E-state index in [2.05, 4.69) is 22.2 Å². The van der Waals surface area contributed by atoms with Gasteiger partial charge in [-0.15, -0.1) is 0 Å². The lowest BCUT2D eigenvalue weighted by Crippen LogP contribution is -2.44. The summed E-state index contributed by atoms with van der Waals surface area (Å²) < 4.78 is 11.1. The number of likely N-dealkylation sites (N-methyl/N-ethyl adjacent to an activating group) is 1. The van der Waals surface area contributed by atoms with Crippen LogP contribution in [0.3, 0.4) is 0 Å². The number of hydrogen-bond acceptors (Lipinski definition) is 5. The fraction of sp³-hybridized carbons (Fsp3) is 0.409. The Bertz CT molecular complexity index is 864. The second-order valence-corrected chi connectivity index (χ2v) is 7.82. The number of rotatable bonds is 6. The maximum atomic E-state index is 13.0. The molecule has 0 bridgehead atoms. The number of anilines is 2. The molecule has 1 aliphatic heterocycles. The molecule has 29 heavy (non-hydrogen) atoms. The van der Waals surface area contributed by atoms with Gasteiger partial charge in [0.2, 0.25) is 0 Å². The molecule has 1 amide bonds. The number of nitrogens with zero attached hydrogens (tertiary/aromatic N) is 2. The summed E-state index contributed by atoms with van der Waals surface area (Å²) in [5.41, 5.74) is 2.21. The van der Waals surface area contributed by atoms with Gasteiger partial charge in [-0.1, -0.05) is 23.7 Å². The number of ether oxygens (including phenoxy) is 2. The van der Waals surface area contributed by atoms with Crippen molar-refractivity contribution in [1.82, 2.24) is 4.90 Å². The van der Waals surface area contributed by atoms with E-state index in [1.54, 1.807) is 12.1 Å². The second-order valence-electron chi connectivity index (χ2n) is 7.42. The third-order valence-corrected chi connectivity index (χ3v) is 5.12. The number of nitrogens with one attached hydrogen (secondary N) is 1. The predicted molar refractivity (Wildman–Crippen MR) is 118 cm³/mol. The first-order chi connectivity index (χ1) is 13.9. The molecule has 7 heteroatoms. The van der Waals surface area contributed by atoms with Gasteiger partial charge in [0.1, 0.15) is 0 Å². The fourth-order valence-corrected chi connectivity index (χ4v) is 3.55. The molecule has 1 aliphatic rings. The molecular weight excluding hydrogens is 390 g/mol. The van der Waals surface area contributed by atoms with Crippen LogP contribution in [-0.4, -0.2) is 57.2 Å². The smallest absolute Gasteiger partial charge is 0.255 e. The van der Waals surface area contributed by atoms with Crippen LogP contribution in [0.1, 0.15) is 24.2 Å². The Morgan fingerprint density at radius 3 is 2.48 bits per heavy atom. The van der Waals surface area contributed by atoms with Crippen molar-refractivity contribution in [2.24, 2.45) is 0 Å². The molecular formula is C22H28ClN3O3. The number of benzene rings is 2. The Balaban J connectivity index is 1.83. The zero-order chi connectivity index (χ0) is 21.0. The number of hydrogen-bond donors (Lipinski definition) is 1. The Kier molecular flexibility index (Phi) is 6.87. The van der Waals surface area contributed by atoms with Crippen molar-refractivity contribution in [3.05, 3.63) is 47.0 Å². The molecule has 3 rings (SSSR count). The van der Waals surface area contributed by atoms with Crippen LogP contribution in [0.25, 0.3) is 0 Å². The molecule has 2 aromatic carbocycles. The number of halogens is 1. The minimum absolute atomic E-state index is 0.0588. The number of carbonyl (C=O) groups excluding carboxylic acids is 1. The van der Waals surface area contributed by atoms with Crippen LogP contribution < -0.4 is 19.7 Å². The van der Waals surface area contributed by atoms with Crippen LogP contribution in [0.4, 0.5) is 11.4 Å². The topological polar surface area (TPSA) is 54.0 Å². The largest absolute Gasteiger partial charge is 0.493 e. The Morgan fingerprint density at radius 2 is 1.83 bits per heavy atom. The summed E-state index contributed by atoms with van der Waals surface area (Å²) in [5, 5.41) is 3.37. The maximum absolute atomic E-state index is 13.0. The third-order valence-electron chi connectivity index (χ3n) is 4.84. The maximum Gasteiger partial charge on any atom is 0.255 e. The van der Waals surface area contributed by atoms with Crippen molar-refractivity contribution in [1.29, 1.82) is 0 Å². The van der Waals surface area contributed by atoms with Crippen LogP contribution >= 0.6 is 11.6 Å². The second kappa shape index (κ2) is 9.37. The van der Waals surface area contributed by atoms with Gasteiger partial charge in [-0.25, -0.2) is 0 Å². The zero-order valence-electron chi connectivity index (χ0n) is 17.4. The molecule has 0 radical (unpaired) electrons. The molecule has 0 unspecified atom stereocenters. The van der Waals surface area contributed by atoms with Gasteiger partial charge in [0.05, 0.1) is 29.6 Å². The standard InChI is InChI=1S/C22H28ClN3O3/c1-15(2)29-21-17(23)13-16(14-20(21)28-4)22(27)24-18-7-5-6-8-19(18)26-11-9-25(3)10-12-26/h5-8,13-15H,9-12H2,1-4H3,(H,24,27). The normalized spacial score (nSPS) is 14.8. The molecule has 0 atom stereocenters. The van der Waals surface area contributed by atoms with Gasteiger partial charge in [-0.2, -0.15) is 0 Å². The van der Waals surface area contributed by atoms with Gasteiger partial charge in [0.15, 0.2) is 11.5 Å². The van der Waals surface area contributed by atoms with E-state index in [9.17, 15) is 4.79 Å². The summed E-state index contributed by atoms with van der Waals surface area (Å²) >= 11 is 6.37. The van der Waals surface area contributed by atoms with Crippen molar-refractivity contribution >= 4 is 28.9 Å². The minimum atomic E-state index is -0.247. The lowest BCUT2D eigenvalue weighted by atomic mass is 10.1. The number of amides is 1. The van der Waals surface area contributed by atoms with Gasteiger partial charge in [-0.3, -0.25) is 4.79 Å². The Morgan fingerprint density at radius 1 is 1.14 bits per heavy atom. The van der Waals surface area contributed by atoms with E-state index < -0.39 is 0 Å². The average Bonchev–Trinajstić information content (AvgIpc) is 2.70. The monoisotopic (exact) mass is 417 g/mol. The highest BCUT2D eigenvalue weighted by Gasteiger charge is 2.20. The lowest BCUT2D eigenvalue weighted by Gasteiger charge is -2.35. The molecule has 0 aromatic heterocycles. The minimum Gasteiger partial charge on any atom is -0.493 e. The van der Waals surface area contributed by atoms with E-state index in [4.69, 9.17) is 21.1 Å². The molecule has 156 valence electrons. The Hall–Kier alpha value is -2.44. The van der Waals surface area contributed by atoms with Gasteiger partial charge >= 0.3 is 0 Å². The summed E-state index contributed by atoms with van der Waals surface area (Å²) in [6.45, 7) is 7.64. The third kappa shape index (κ3) is 5.14. The molecule has 2 aromatic rings. The highest BCUT2D eigenvalue weighted by atomic mass is 35.5. The summed E-state index contributed by atoms with van der Waals surface area (Å²) in [4.78, 5) is 17.6. The van der Waals surface area contributed by atoms with E-state index in [1.807, 2.05) is 38.1 Å². The van der Waals surface area contributed by atoms with Crippen LogP contribution in [0.15, 0.2) is 36.4 Å². The Labute approximate surface area is 177 Å². The fourth-order valence-electron chi connectivity index (χ4n) is 3.30. The first-order valence-corrected chi connectivity index (χ1v) is 10.1. The van der Waals surface area contributed by atoms with E-state index >= 15 is 0 Å². The van der Waals surface area contributed by atoms with E-state index in [1.165, 1.54) is 7.11 Å². The average molecular weight is 418 g/mol. The van der Waals surface area contributed by atoms with E-state index in [0.717, 1.165) is 37.6 Å². The molecule has 1 N–H and O–H groups in total. The molecule has 0 saturated carbocycles.